The van der Waals surface area contributed by atoms with Crippen LogP contribution in [-0.4, -0.2) is 24.8 Å². The van der Waals surface area contributed by atoms with Crippen molar-refractivity contribution in [2.45, 2.75) is 26.2 Å². The van der Waals surface area contributed by atoms with E-state index >= 15 is 0 Å². The molecule has 0 unspecified atom stereocenters. The highest BCUT2D eigenvalue weighted by Crippen LogP contribution is 2.41. The van der Waals surface area contributed by atoms with E-state index in [1.165, 1.54) is 16.2 Å². The zero-order valence-corrected chi connectivity index (χ0v) is 22.6. The van der Waals surface area contributed by atoms with Crippen LogP contribution in [0, 0.1) is 0 Å². The smallest absolute Gasteiger partial charge is 0.343 e. The SMILES string of the molecule is CCOC(=O)c1c(N=Cc2cc(Br)ccc2OC(=O)c2ccc(-c3ccccc3)cc2)sc2c1CCC2. The van der Waals surface area contributed by atoms with Gasteiger partial charge in [0.05, 0.1) is 17.7 Å². The average Bonchev–Trinajstić information content (AvgIpc) is 3.50. The van der Waals surface area contributed by atoms with Crippen molar-refractivity contribution in [2.24, 2.45) is 4.99 Å². The number of hydrogen-bond donors (Lipinski definition) is 0. The fourth-order valence-electron chi connectivity index (χ4n) is 4.32. The normalized spacial score (nSPS) is 12.5. The van der Waals surface area contributed by atoms with E-state index in [0.717, 1.165) is 40.4 Å². The minimum absolute atomic E-state index is 0.310. The number of rotatable bonds is 7. The second kappa shape index (κ2) is 11.2. The first-order valence-electron chi connectivity index (χ1n) is 12.1. The van der Waals surface area contributed by atoms with Gasteiger partial charge in [-0.25, -0.2) is 14.6 Å². The molecule has 3 aromatic carbocycles. The summed E-state index contributed by atoms with van der Waals surface area (Å²) in [7, 11) is 0. The molecule has 0 saturated carbocycles. The molecule has 0 spiro atoms. The highest BCUT2D eigenvalue weighted by molar-refractivity contribution is 9.10. The molecule has 1 heterocycles. The lowest BCUT2D eigenvalue weighted by Gasteiger charge is -2.09. The summed E-state index contributed by atoms with van der Waals surface area (Å²) < 4.78 is 11.9. The number of benzene rings is 3. The predicted molar refractivity (Wildman–Crippen MR) is 151 cm³/mol. The third-order valence-electron chi connectivity index (χ3n) is 6.11. The zero-order valence-electron chi connectivity index (χ0n) is 20.2. The molecule has 37 heavy (non-hydrogen) atoms. The average molecular weight is 574 g/mol. The quantitative estimate of drug-likeness (QED) is 0.128. The molecule has 0 atom stereocenters. The van der Waals surface area contributed by atoms with Crippen LogP contribution in [0.1, 0.15) is 50.1 Å². The highest BCUT2D eigenvalue weighted by Gasteiger charge is 2.27. The lowest BCUT2D eigenvalue weighted by atomic mass is 10.0. The molecule has 186 valence electrons. The molecule has 4 aromatic rings. The van der Waals surface area contributed by atoms with Gasteiger partial charge in [0.1, 0.15) is 10.8 Å². The molecule has 0 fully saturated rings. The van der Waals surface area contributed by atoms with Crippen molar-refractivity contribution in [2.75, 3.05) is 6.61 Å². The van der Waals surface area contributed by atoms with Crippen LogP contribution in [0.5, 0.6) is 5.75 Å². The van der Waals surface area contributed by atoms with Crippen LogP contribution in [0.25, 0.3) is 11.1 Å². The number of carbonyl (C=O) groups excluding carboxylic acids is 2. The minimum atomic E-state index is -0.459. The fourth-order valence-corrected chi connectivity index (χ4v) is 5.92. The largest absolute Gasteiger partial charge is 0.462 e. The van der Waals surface area contributed by atoms with Gasteiger partial charge in [-0.15, -0.1) is 11.3 Å². The second-order valence-electron chi connectivity index (χ2n) is 8.53. The molecule has 0 saturated heterocycles. The van der Waals surface area contributed by atoms with Crippen molar-refractivity contribution in [3.63, 3.8) is 0 Å². The van der Waals surface area contributed by atoms with Gasteiger partial charge in [-0.05, 0) is 73.2 Å². The first kappa shape index (κ1) is 25.1. The van der Waals surface area contributed by atoms with E-state index in [9.17, 15) is 9.59 Å². The van der Waals surface area contributed by atoms with E-state index in [1.54, 1.807) is 31.3 Å². The Morgan fingerprint density at radius 2 is 1.73 bits per heavy atom. The molecule has 1 aliphatic rings. The van der Waals surface area contributed by atoms with E-state index in [4.69, 9.17) is 9.47 Å². The van der Waals surface area contributed by atoms with E-state index in [1.807, 2.05) is 54.6 Å². The summed E-state index contributed by atoms with van der Waals surface area (Å²) in [5.41, 5.74) is 4.78. The van der Waals surface area contributed by atoms with Gasteiger partial charge in [0.2, 0.25) is 0 Å². The van der Waals surface area contributed by atoms with E-state index in [-0.39, 0.29) is 5.97 Å². The van der Waals surface area contributed by atoms with E-state index in [2.05, 4.69) is 20.9 Å². The Bertz CT molecular complexity index is 1480. The Balaban J connectivity index is 1.39. The van der Waals surface area contributed by atoms with Gasteiger partial charge < -0.3 is 9.47 Å². The van der Waals surface area contributed by atoms with Gasteiger partial charge >= 0.3 is 11.9 Å². The molecule has 0 N–H and O–H groups in total. The maximum atomic E-state index is 12.9. The number of esters is 2. The van der Waals surface area contributed by atoms with Crippen LogP contribution in [0.4, 0.5) is 5.00 Å². The fraction of sp³-hybridized carbons (Fsp3) is 0.167. The maximum absolute atomic E-state index is 12.9. The van der Waals surface area contributed by atoms with Gasteiger partial charge in [0, 0.05) is 21.1 Å². The second-order valence-corrected chi connectivity index (χ2v) is 10.5. The van der Waals surface area contributed by atoms with Crippen LogP contribution < -0.4 is 4.74 Å². The van der Waals surface area contributed by atoms with Gasteiger partial charge in [0.25, 0.3) is 0 Å². The van der Waals surface area contributed by atoms with Crippen molar-refractivity contribution in [3.8, 4) is 16.9 Å². The number of fused-ring (bicyclic) bond motifs is 1. The van der Waals surface area contributed by atoms with Gasteiger partial charge in [-0.2, -0.15) is 0 Å². The summed E-state index contributed by atoms with van der Waals surface area (Å²) in [4.78, 5) is 31.5. The molecule has 0 radical (unpaired) electrons. The Morgan fingerprint density at radius 1 is 0.973 bits per heavy atom. The van der Waals surface area contributed by atoms with Crippen molar-refractivity contribution in [1.82, 2.24) is 0 Å². The first-order chi connectivity index (χ1) is 18.0. The summed E-state index contributed by atoms with van der Waals surface area (Å²) in [5.74, 6) is -0.418. The predicted octanol–water partition coefficient (Wildman–Crippen LogP) is 7.81. The molecule has 1 aliphatic carbocycles. The number of halogens is 1. The standard InChI is InChI=1S/C30H24BrNO4S/c1-2-35-30(34)27-24-9-6-10-26(24)37-28(27)32-18-22-17-23(31)15-16-25(22)36-29(33)21-13-11-20(12-14-21)19-7-4-3-5-8-19/h3-5,7-8,11-18H,2,6,9-10H2,1H3. The van der Waals surface area contributed by atoms with Crippen molar-refractivity contribution >= 4 is 50.4 Å². The Morgan fingerprint density at radius 3 is 2.49 bits per heavy atom. The molecule has 5 nitrogen and oxygen atoms in total. The molecule has 1 aromatic heterocycles. The van der Waals surface area contributed by atoms with Crippen molar-refractivity contribution in [1.29, 1.82) is 0 Å². The van der Waals surface area contributed by atoms with Gasteiger partial charge in [0.15, 0.2) is 0 Å². The number of hydrogen-bond acceptors (Lipinski definition) is 6. The summed E-state index contributed by atoms with van der Waals surface area (Å²) in [6, 6.07) is 22.7. The maximum Gasteiger partial charge on any atom is 0.343 e. The monoisotopic (exact) mass is 573 g/mol. The number of aliphatic imine (C=N–C) groups is 1. The number of aryl methyl sites for hydroxylation is 1. The molecule has 0 bridgehead atoms. The van der Waals surface area contributed by atoms with Gasteiger partial charge in [-0.3, -0.25) is 0 Å². The number of carbonyl (C=O) groups is 2. The molecular weight excluding hydrogens is 550 g/mol. The van der Waals surface area contributed by atoms with E-state index < -0.39 is 5.97 Å². The van der Waals surface area contributed by atoms with Crippen LogP contribution >= 0.6 is 27.3 Å². The van der Waals surface area contributed by atoms with Crippen LogP contribution in [0.15, 0.2) is 82.3 Å². The summed E-state index contributed by atoms with van der Waals surface area (Å²) in [6.07, 6.45) is 4.48. The molecule has 0 amide bonds. The van der Waals surface area contributed by atoms with Crippen molar-refractivity contribution < 1.29 is 19.1 Å². The minimum Gasteiger partial charge on any atom is -0.462 e. The van der Waals surface area contributed by atoms with Crippen molar-refractivity contribution in [3.05, 3.63) is 104 Å². The van der Waals surface area contributed by atoms with Gasteiger partial charge in [-0.1, -0.05) is 58.4 Å². The third-order valence-corrected chi connectivity index (χ3v) is 7.80. The van der Waals surface area contributed by atoms with Crippen LogP contribution in [-0.2, 0) is 17.6 Å². The van der Waals surface area contributed by atoms with Crippen LogP contribution in [0.3, 0.4) is 0 Å². The summed E-state index contributed by atoms with van der Waals surface area (Å²) in [6.45, 7) is 2.11. The third kappa shape index (κ3) is 5.58. The first-order valence-corrected chi connectivity index (χ1v) is 13.7. The zero-order chi connectivity index (χ0) is 25.8. The van der Waals surface area contributed by atoms with E-state index in [0.29, 0.717) is 34.0 Å². The molecule has 0 aliphatic heterocycles. The highest BCUT2D eigenvalue weighted by atomic mass is 79.9. The summed E-state index contributed by atoms with van der Waals surface area (Å²) >= 11 is 5.01. The number of nitrogens with zero attached hydrogens (tertiary/aromatic N) is 1. The lowest BCUT2D eigenvalue weighted by molar-refractivity contribution is 0.0526. The lowest BCUT2D eigenvalue weighted by Crippen LogP contribution is -2.09. The molecule has 5 rings (SSSR count). The molecule has 7 heteroatoms. The van der Waals surface area contributed by atoms with Crippen LogP contribution in [0.2, 0.25) is 0 Å². The number of thiophene rings is 1. The summed E-state index contributed by atoms with van der Waals surface area (Å²) in [5, 5.41) is 0.622. The molecular formula is C30H24BrNO4S. The Kier molecular flexibility index (Phi) is 7.63. The number of ether oxygens (including phenoxy) is 2. The Labute approximate surface area is 227 Å². The topological polar surface area (TPSA) is 65.0 Å². The Hall–Kier alpha value is -3.55.